The van der Waals surface area contributed by atoms with Crippen LogP contribution in [-0.4, -0.2) is 58.7 Å². The van der Waals surface area contributed by atoms with E-state index in [0.717, 1.165) is 23.7 Å². The Kier molecular flexibility index (Phi) is 5.34. The van der Waals surface area contributed by atoms with Gasteiger partial charge in [0.15, 0.2) is 0 Å². The summed E-state index contributed by atoms with van der Waals surface area (Å²) in [4.78, 5) is 28.1. The van der Waals surface area contributed by atoms with E-state index in [1.807, 2.05) is 12.1 Å². The fourth-order valence-electron chi connectivity index (χ4n) is 3.71. The van der Waals surface area contributed by atoms with Gasteiger partial charge in [-0.05, 0) is 31.0 Å². The number of halogens is 1. The van der Waals surface area contributed by atoms with E-state index in [0.29, 0.717) is 18.6 Å². The second-order valence-corrected chi connectivity index (χ2v) is 7.69. The molecule has 1 aromatic rings. The third-order valence-electron chi connectivity index (χ3n) is 5.12. The van der Waals surface area contributed by atoms with Crippen LogP contribution in [0.5, 0.6) is 5.75 Å². The van der Waals surface area contributed by atoms with Crippen LogP contribution in [0.4, 0.5) is 4.79 Å². The first kappa shape index (κ1) is 18.2. The predicted octanol–water partition coefficient (Wildman–Crippen LogP) is 2.79. The van der Waals surface area contributed by atoms with Crippen molar-refractivity contribution in [2.75, 3.05) is 20.2 Å². The van der Waals surface area contributed by atoms with Gasteiger partial charge in [-0.25, -0.2) is 4.79 Å². The highest BCUT2D eigenvalue weighted by Crippen LogP contribution is 2.39. The standard InChI is InChI=1S/C18H23BrN2O4/c1-20-17(24)21(16(23)18(20)8-3-2-4-9-18)11-14(22)12-25-15-7-5-6-13(19)10-15/h5-7,10,14,22H,2-4,8-9,11-12H2,1H3. The molecule has 1 spiro atoms. The number of carbonyl (C=O) groups excluding carboxylic acids is 2. The molecule has 2 fully saturated rings. The number of ether oxygens (including phenoxy) is 1. The number of likely N-dealkylation sites (N-methyl/N-ethyl adjacent to an activating group) is 1. The second-order valence-electron chi connectivity index (χ2n) is 6.77. The van der Waals surface area contributed by atoms with E-state index < -0.39 is 11.6 Å². The van der Waals surface area contributed by atoms with Crippen LogP contribution in [0.15, 0.2) is 28.7 Å². The van der Waals surface area contributed by atoms with Crippen LogP contribution in [0.2, 0.25) is 0 Å². The Morgan fingerprint density at radius 3 is 2.68 bits per heavy atom. The molecule has 0 aromatic heterocycles. The second kappa shape index (κ2) is 7.33. The number of β-amino-alcohol motifs (C(OH)–C–C–N with tert-alkyl or cyclic N) is 1. The van der Waals surface area contributed by atoms with Gasteiger partial charge in [-0.1, -0.05) is 41.3 Å². The summed E-state index contributed by atoms with van der Waals surface area (Å²) >= 11 is 3.36. The zero-order chi connectivity index (χ0) is 18.0. The highest BCUT2D eigenvalue weighted by Gasteiger charge is 2.55. The molecular weight excluding hydrogens is 388 g/mol. The van der Waals surface area contributed by atoms with Crippen molar-refractivity contribution in [1.82, 2.24) is 9.80 Å². The number of aliphatic hydroxyl groups is 1. The number of urea groups is 1. The quantitative estimate of drug-likeness (QED) is 0.757. The fourth-order valence-corrected chi connectivity index (χ4v) is 4.08. The monoisotopic (exact) mass is 410 g/mol. The summed E-state index contributed by atoms with van der Waals surface area (Å²) in [5.74, 6) is 0.439. The number of amides is 3. The van der Waals surface area contributed by atoms with Crippen molar-refractivity contribution in [3.8, 4) is 5.75 Å². The summed E-state index contributed by atoms with van der Waals surface area (Å²) in [6.07, 6.45) is 3.47. The summed E-state index contributed by atoms with van der Waals surface area (Å²) in [5, 5.41) is 10.2. The van der Waals surface area contributed by atoms with E-state index in [4.69, 9.17) is 4.74 Å². The number of imide groups is 1. The molecule has 6 nitrogen and oxygen atoms in total. The first-order valence-electron chi connectivity index (χ1n) is 8.60. The van der Waals surface area contributed by atoms with Gasteiger partial charge in [-0.3, -0.25) is 9.69 Å². The van der Waals surface area contributed by atoms with Crippen molar-refractivity contribution < 1.29 is 19.4 Å². The molecule has 1 aliphatic heterocycles. The molecule has 1 aromatic carbocycles. The topological polar surface area (TPSA) is 70.1 Å². The SMILES string of the molecule is CN1C(=O)N(CC(O)COc2cccc(Br)c2)C(=O)C12CCCCC2. The Hall–Kier alpha value is -1.60. The zero-order valence-corrected chi connectivity index (χ0v) is 15.9. The van der Waals surface area contributed by atoms with Gasteiger partial charge in [0.1, 0.15) is 24.0 Å². The maximum atomic E-state index is 12.9. The predicted molar refractivity (Wildman–Crippen MR) is 96.3 cm³/mol. The van der Waals surface area contributed by atoms with Crippen LogP contribution in [0, 0.1) is 0 Å². The lowest BCUT2D eigenvalue weighted by atomic mass is 9.81. The summed E-state index contributed by atoms with van der Waals surface area (Å²) in [6.45, 7) is -0.0258. The average molecular weight is 411 g/mol. The maximum absolute atomic E-state index is 12.9. The number of benzene rings is 1. The van der Waals surface area contributed by atoms with Crippen molar-refractivity contribution in [3.05, 3.63) is 28.7 Å². The Morgan fingerprint density at radius 1 is 1.28 bits per heavy atom. The van der Waals surface area contributed by atoms with Gasteiger partial charge in [-0.2, -0.15) is 0 Å². The summed E-state index contributed by atoms with van der Waals surface area (Å²) in [6, 6.07) is 6.97. The van der Waals surface area contributed by atoms with Crippen molar-refractivity contribution >= 4 is 27.9 Å². The highest BCUT2D eigenvalue weighted by molar-refractivity contribution is 9.10. The number of rotatable bonds is 5. The van der Waals surface area contributed by atoms with Crippen LogP contribution in [0.1, 0.15) is 32.1 Å². The summed E-state index contributed by atoms with van der Waals surface area (Å²) in [7, 11) is 1.69. The van der Waals surface area contributed by atoms with Gasteiger partial charge < -0.3 is 14.7 Å². The highest BCUT2D eigenvalue weighted by atomic mass is 79.9. The van der Waals surface area contributed by atoms with Gasteiger partial charge in [0, 0.05) is 11.5 Å². The number of carbonyl (C=O) groups is 2. The molecular formula is C18H23BrN2O4. The molecule has 136 valence electrons. The fraction of sp³-hybridized carbons (Fsp3) is 0.556. The number of hydrogen-bond donors (Lipinski definition) is 1. The summed E-state index contributed by atoms with van der Waals surface area (Å²) in [5.41, 5.74) is -0.708. The van der Waals surface area contributed by atoms with Crippen molar-refractivity contribution in [2.45, 2.75) is 43.7 Å². The van der Waals surface area contributed by atoms with Crippen molar-refractivity contribution in [1.29, 1.82) is 0 Å². The molecule has 1 unspecified atom stereocenters. The number of hydrogen-bond acceptors (Lipinski definition) is 4. The van der Waals surface area contributed by atoms with Crippen molar-refractivity contribution in [3.63, 3.8) is 0 Å². The van der Waals surface area contributed by atoms with Crippen molar-refractivity contribution in [2.24, 2.45) is 0 Å². The first-order valence-corrected chi connectivity index (χ1v) is 9.39. The minimum Gasteiger partial charge on any atom is -0.491 e. The molecule has 1 saturated carbocycles. The molecule has 0 bridgehead atoms. The van der Waals surface area contributed by atoms with E-state index in [9.17, 15) is 14.7 Å². The lowest BCUT2D eigenvalue weighted by Gasteiger charge is -2.35. The molecule has 1 heterocycles. The molecule has 2 aliphatic rings. The normalized spacial score (nSPS) is 21.1. The van der Waals surface area contributed by atoms with Crippen LogP contribution in [0.25, 0.3) is 0 Å². The van der Waals surface area contributed by atoms with E-state index in [1.54, 1.807) is 24.1 Å². The van der Waals surface area contributed by atoms with E-state index in [-0.39, 0.29) is 25.1 Å². The Morgan fingerprint density at radius 2 is 2.00 bits per heavy atom. The lowest BCUT2D eigenvalue weighted by molar-refractivity contribution is -0.135. The molecule has 25 heavy (non-hydrogen) atoms. The number of aliphatic hydroxyl groups excluding tert-OH is 1. The molecule has 7 heteroatoms. The van der Waals surface area contributed by atoms with Gasteiger partial charge in [0.2, 0.25) is 0 Å². The van der Waals surface area contributed by atoms with E-state index >= 15 is 0 Å². The Bertz CT molecular complexity index is 660. The molecule has 1 atom stereocenters. The molecule has 3 amide bonds. The van der Waals surface area contributed by atoms with Crippen LogP contribution in [0.3, 0.4) is 0 Å². The lowest BCUT2D eigenvalue weighted by Crippen LogP contribution is -2.49. The minimum absolute atomic E-state index is 0.0181. The minimum atomic E-state index is -0.931. The van der Waals surface area contributed by atoms with Crippen LogP contribution in [-0.2, 0) is 4.79 Å². The molecule has 1 saturated heterocycles. The molecule has 1 N–H and O–H groups in total. The van der Waals surface area contributed by atoms with Gasteiger partial charge in [-0.15, -0.1) is 0 Å². The van der Waals surface area contributed by atoms with Gasteiger partial charge in [0.05, 0.1) is 6.54 Å². The molecule has 0 radical (unpaired) electrons. The zero-order valence-electron chi connectivity index (χ0n) is 14.3. The van der Waals surface area contributed by atoms with Gasteiger partial charge in [0.25, 0.3) is 5.91 Å². The van der Waals surface area contributed by atoms with Crippen LogP contribution >= 0.6 is 15.9 Å². The average Bonchev–Trinajstić information content (AvgIpc) is 2.77. The summed E-state index contributed by atoms with van der Waals surface area (Å²) < 4.78 is 6.43. The largest absolute Gasteiger partial charge is 0.491 e. The first-order chi connectivity index (χ1) is 11.9. The van der Waals surface area contributed by atoms with E-state index in [2.05, 4.69) is 15.9 Å². The van der Waals surface area contributed by atoms with Crippen LogP contribution < -0.4 is 4.74 Å². The maximum Gasteiger partial charge on any atom is 0.327 e. The molecule has 1 aliphatic carbocycles. The Labute approximate surface area is 155 Å². The third kappa shape index (κ3) is 3.53. The van der Waals surface area contributed by atoms with E-state index in [1.165, 1.54) is 4.90 Å². The third-order valence-corrected chi connectivity index (χ3v) is 5.61. The Balaban J connectivity index is 1.61. The number of nitrogens with zero attached hydrogens (tertiary/aromatic N) is 2. The van der Waals surface area contributed by atoms with Gasteiger partial charge >= 0.3 is 6.03 Å². The smallest absolute Gasteiger partial charge is 0.327 e. The molecule has 3 rings (SSSR count).